The van der Waals surface area contributed by atoms with Gasteiger partial charge in [-0.3, -0.25) is 0 Å². The Balaban J connectivity index is 2.61. The summed E-state index contributed by atoms with van der Waals surface area (Å²) < 4.78 is 5.73. The summed E-state index contributed by atoms with van der Waals surface area (Å²) in [6.45, 7) is 6.73. The van der Waals surface area contributed by atoms with Crippen LogP contribution in [0.1, 0.15) is 26.3 Å². The molecule has 2 rings (SSSR count). The molecule has 0 unspecified atom stereocenters. The number of aromatic nitrogens is 1. The van der Waals surface area contributed by atoms with Crippen molar-refractivity contribution >= 4 is 24.4 Å². The minimum absolute atomic E-state index is 0.248. The molecule has 2 aromatic rings. The maximum absolute atomic E-state index is 4.31. The van der Waals surface area contributed by atoms with Gasteiger partial charge in [0, 0.05) is 0 Å². The van der Waals surface area contributed by atoms with Gasteiger partial charge in [0.05, 0.1) is 0 Å². The van der Waals surface area contributed by atoms with Crippen molar-refractivity contribution in [1.82, 2.24) is 3.98 Å². The summed E-state index contributed by atoms with van der Waals surface area (Å²) in [6.07, 6.45) is 2.00. The summed E-state index contributed by atoms with van der Waals surface area (Å²) in [5.74, 6) is 0. The van der Waals surface area contributed by atoms with Crippen LogP contribution < -0.4 is 0 Å². The van der Waals surface area contributed by atoms with Gasteiger partial charge in [-0.2, -0.15) is 0 Å². The Kier molecular flexibility index (Phi) is 2.05. The third-order valence-corrected chi connectivity index (χ3v) is 3.85. The van der Waals surface area contributed by atoms with E-state index in [1.54, 1.807) is 0 Å². The van der Waals surface area contributed by atoms with E-state index in [0.29, 0.717) is 14.7 Å². The average molecular weight is 238 g/mol. The van der Waals surface area contributed by atoms with Crippen LogP contribution in [0.5, 0.6) is 0 Å². The zero-order valence-electron chi connectivity index (χ0n) is 8.16. The molecule has 0 aliphatic carbocycles. The Labute approximate surface area is 84.8 Å². The van der Waals surface area contributed by atoms with Gasteiger partial charge in [-0.05, 0) is 0 Å². The number of benzene rings is 1. The van der Waals surface area contributed by atoms with Gasteiger partial charge in [0.1, 0.15) is 0 Å². The zero-order chi connectivity index (χ0) is 9.47. The van der Waals surface area contributed by atoms with Gasteiger partial charge in [0.2, 0.25) is 0 Å². The predicted molar refractivity (Wildman–Crippen MR) is 57.4 cm³/mol. The average Bonchev–Trinajstić information content (AvgIpc) is 2.47. The maximum atomic E-state index is 4.31. The van der Waals surface area contributed by atoms with Gasteiger partial charge in [-0.1, -0.05) is 0 Å². The molecule has 68 valence electrons. The van der Waals surface area contributed by atoms with Crippen LogP contribution in [0, 0.1) is 0 Å². The normalized spacial score (nSPS) is 12.2. The minimum atomic E-state index is 0.248. The molecule has 13 heavy (non-hydrogen) atoms. The van der Waals surface area contributed by atoms with Crippen LogP contribution in [0.3, 0.4) is 0 Å². The van der Waals surface area contributed by atoms with Crippen LogP contribution in [0.25, 0.3) is 9.65 Å². The van der Waals surface area contributed by atoms with Crippen molar-refractivity contribution in [1.29, 1.82) is 0 Å². The monoisotopic (exact) mass is 239 g/mol. The molecule has 0 saturated heterocycles. The molecule has 0 atom stereocenters. The van der Waals surface area contributed by atoms with Crippen LogP contribution in [0.15, 0.2) is 24.4 Å². The fraction of sp³-hybridized carbons (Fsp3) is 0.364. The number of rotatable bonds is 0. The summed E-state index contributed by atoms with van der Waals surface area (Å²) in [4.78, 5) is 0. The number of hydrogen-bond acceptors (Lipinski definition) is 1. The van der Waals surface area contributed by atoms with E-state index in [1.165, 1.54) is 15.2 Å². The molecule has 2 heteroatoms. The first-order valence-electron chi connectivity index (χ1n) is 4.42. The standard InChI is InChI=1S/C11H13NSe/c1-11(2,3)9-4-5-10-8(6-9)7-12-13-10/h4-7H,1-3H3. The quantitative estimate of drug-likeness (QED) is 0.643. The van der Waals surface area contributed by atoms with Crippen molar-refractivity contribution in [3.8, 4) is 0 Å². The molecule has 1 aromatic carbocycles. The van der Waals surface area contributed by atoms with Gasteiger partial charge < -0.3 is 0 Å². The number of hydrogen-bond donors (Lipinski definition) is 0. The van der Waals surface area contributed by atoms with E-state index in [4.69, 9.17) is 0 Å². The van der Waals surface area contributed by atoms with Crippen molar-refractivity contribution in [3.63, 3.8) is 0 Å². The van der Waals surface area contributed by atoms with E-state index >= 15 is 0 Å². The van der Waals surface area contributed by atoms with Crippen LogP contribution in [-0.2, 0) is 5.41 Å². The molecule has 0 spiro atoms. The van der Waals surface area contributed by atoms with Gasteiger partial charge in [0.15, 0.2) is 0 Å². The Morgan fingerprint density at radius 2 is 2.00 bits per heavy atom. The molecule has 0 amide bonds. The van der Waals surface area contributed by atoms with Crippen molar-refractivity contribution in [3.05, 3.63) is 30.0 Å². The number of fused-ring (bicyclic) bond motifs is 1. The van der Waals surface area contributed by atoms with Crippen molar-refractivity contribution in [2.75, 3.05) is 0 Å². The summed E-state index contributed by atoms with van der Waals surface area (Å²) in [5.41, 5.74) is 1.65. The second-order valence-corrected chi connectivity index (χ2v) is 6.08. The van der Waals surface area contributed by atoms with Crippen LogP contribution in [-0.4, -0.2) is 18.7 Å². The Bertz CT molecular complexity index is 423. The first kappa shape index (κ1) is 8.98. The fourth-order valence-electron chi connectivity index (χ4n) is 1.34. The molecular formula is C11H13NSe. The van der Waals surface area contributed by atoms with E-state index in [1.807, 2.05) is 6.20 Å². The van der Waals surface area contributed by atoms with Gasteiger partial charge in [-0.25, -0.2) is 0 Å². The van der Waals surface area contributed by atoms with Gasteiger partial charge in [0.25, 0.3) is 0 Å². The molecule has 0 aliphatic rings. The zero-order valence-corrected chi connectivity index (χ0v) is 9.88. The first-order valence-corrected chi connectivity index (χ1v) is 6.04. The molecule has 0 bridgehead atoms. The third kappa shape index (κ3) is 1.70. The fourth-order valence-corrected chi connectivity index (χ4v) is 2.65. The van der Waals surface area contributed by atoms with Crippen molar-refractivity contribution in [2.45, 2.75) is 26.2 Å². The Hall–Kier alpha value is -0.591. The Morgan fingerprint density at radius 1 is 1.23 bits per heavy atom. The summed E-state index contributed by atoms with van der Waals surface area (Å²) >= 11 is 0.339. The van der Waals surface area contributed by atoms with E-state index in [-0.39, 0.29) is 5.41 Å². The first-order chi connectivity index (χ1) is 6.07. The third-order valence-electron chi connectivity index (χ3n) is 2.22. The van der Waals surface area contributed by atoms with Crippen LogP contribution in [0.4, 0.5) is 0 Å². The summed E-state index contributed by atoms with van der Waals surface area (Å²) in [7, 11) is 0. The molecule has 0 saturated carbocycles. The summed E-state index contributed by atoms with van der Waals surface area (Å²) in [6, 6.07) is 6.73. The van der Waals surface area contributed by atoms with Crippen LogP contribution >= 0.6 is 0 Å². The van der Waals surface area contributed by atoms with Gasteiger partial charge >= 0.3 is 84.5 Å². The molecular weight excluding hydrogens is 225 g/mol. The molecule has 1 aromatic heterocycles. The van der Waals surface area contributed by atoms with Crippen molar-refractivity contribution in [2.24, 2.45) is 0 Å². The Morgan fingerprint density at radius 3 is 2.69 bits per heavy atom. The van der Waals surface area contributed by atoms with E-state index in [9.17, 15) is 0 Å². The molecule has 1 nitrogen and oxygen atoms in total. The molecule has 0 radical (unpaired) electrons. The van der Waals surface area contributed by atoms with Crippen LogP contribution in [0.2, 0.25) is 0 Å². The molecule has 0 fully saturated rings. The summed E-state index contributed by atoms with van der Waals surface area (Å²) in [5, 5.41) is 1.33. The van der Waals surface area contributed by atoms with Gasteiger partial charge in [-0.15, -0.1) is 0 Å². The van der Waals surface area contributed by atoms with Crippen molar-refractivity contribution < 1.29 is 0 Å². The number of nitrogens with zero attached hydrogens (tertiary/aromatic N) is 1. The van der Waals surface area contributed by atoms with E-state index < -0.39 is 0 Å². The molecule has 1 heterocycles. The molecule has 0 N–H and O–H groups in total. The van der Waals surface area contributed by atoms with E-state index in [0.717, 1.165) is 0 Å². The second kappa shape index (κ2) is 2.97. The van der Waals surface area contributed by atoms with E-state index in [2.05, 4.69) is 42.9 Å². The molecule has 0 aliphatic heterocycles. The topological polar surface area (TPSA) is 12.9 Å². The predicted octanol–water partition coefficient (Wildman–Crippen LogP) is 2.59. The SMILES string of the molecule is CC(C)(C)c1ccc2[se]ncc2c1. The second-order valence-electron chi connectivity index (χ2n) is 4.33.